The van der Waals surface area contributed by atoms with Crippen LogP contribution in [-0.4, -0.2) is 70.7 Å². The zero-order valence-electron chi connectivity index (χ0n) is 17.4. The molecule has 0 unspecified atom stereocenters. The summed E-state index contributed by atoms with van der Waals surface area (Å²) in [6.07, 6.45) is 10.9. The molecule has 1 aromatic heterocycles. The van der Waals surface area contributed by atoms with E-state index in [0.717, 1.165) is 18.7 Å². The molecule has 7 nitrogen and oxygen atoms in total. The summed E-state index contributed by atoms with van der Waals surface area (Å²) in [5.41, 5.74) is 1.13. The minimum Gasteiger partial charge on any atom is -0.339 e. The summed E-state index contributed by atoms with van der Waals surface area (Å²) in [6, 6.07) is 0. The third-order valence-electron chi connectivity index (χ3n) is 6.82. The molecule has 3 aliphatic rings. The molecule has 0 spiro atoms. The van der Waals surface area contributed by atoms with Gasteiger partial charge < -0.3 is 15.1 Å². The highest BCUT2D eigenvalue weighted by molar-refractivity contribution is 5.85. The molecule has 1 saturated carbocycles. The van der Waals surface area contributed by atoms with Gasteiger partial charge in [-0.1, -0.05) is 19.3 Å². The summed E-state index contributed by atoms with van der Waals surface area (Å²) in [6.45, 7) is 4.21. The molecular formula is C21H34ClN5O2. The standard InChI is InChI=1S/C21H33N5O2.ClH/c1-24-15-17(12-23-24)18-13-22-14-19(18)21(28)26-9-7-25(8-10-26)20(27)11-16-5-3-2-4-6-16;/h12,15-16,18-19,22H,2-11,13-14H2,1H3;1H/t18-,19+;/m1./s1. The molecule has 8 heteroatoms. The van der Waals surface area contributed by atoms with Crippen LogP contribution in [0.4, 0.5) is 0 Å². The van der Waals surface area contributed by atoms with E-state index in [4.69, 9.17) is 0 Å². The Morgan fingerprint density at radius 1 is 1.07 bits per heavy atom. The van der Waals surface area contributed by atoms with E-state index in [1.54, 1.807) is 4.68 Å². The molecular weight excluding hydrogens is 390 g/mol. The van der Waals surface area contributed by atoms with Crippen LogP contribution in [0.2, 0.25) is 0 Å². The van der Waals surface area contributed by atoms with Crippen molar-refractivity contribution in [1.29, 1.82) is 0 Å². The Kier molecular flexibility index (Phi) is 7.57. The van der Waals surface area contributed by atoms with E-state index >= 15 is 0 Å². The largest absolute Gasteiger partial charge is 0.339 e. The van der Waals surface area contributed by atoms with Gasteiger partial charge in [-0.25, -0.2) is 0 Å². The van der Waals surface area contributed by atoms with Crippen molar-refractivity contribution in [3.63, 3.8) is 0 Å². The molecule has 1 N–H and O–H groups in total. The van der Waals surface area contributed by atoms with E-state index in [1.807, 2.05) is 29.2 Å². The molecule has 0 aromatic carbocycles. The van der Waals surface area contributed by atoms with Crippen LogP contribution in [-0.2, 0) is 16.6 Å². The lowest BCUT2D eigenvalue weighted by Crippen LogP contribution is -2.52. The first-order chi connectivity index (χ1) is 13.6. The molecule has 2 aliphatic heterocycles. The monoisotopic (exact) mass is 423 g/mol. The molecule has 2 atom stereocenters. The number of nitrogens with zero attached hydrogens (tertiary/aromatic N) is 4. The highest BCUT2D eigenvalue weighted by Crippen LogP contribution is 2.30. The quantitative estimate of drug-likeness (QED) is 0.801. The molecule has 3 heterocycles. The van der Waals surface area contributed by atoms with Crippen LogP contribution in [0.15, 0.2) is 12.4 Å². The number of rotatable bonds is 4. The number of carbonyl (C=O) groups is 2. The summed E-state index contributed by atoms with van der Waals surface area (Å²) in [5, 5.41) is 7.64. The molecule has 29 heavy (non-hydrogen) atoms. The van der Waals surface area contributed by atoms with Crippen molar-refractivity contribution in [2.45, 2.75) is 44.4 Å². The molecule has 1 aliphatic carbocycles. The molecule has 2 amide bonds. The number of hydrogen-bond acceptors (Lipinski definition) is 4. The molecule has 0 bridgehead atoms. The second kappa shape index (κ2) is 9.94. The van der Waals surface area contributed by atoms with E-state index in [1.165, 1.54) is 32.1 Å². The Hall–Kier alpha value is -1.60. The van der Waals surface area contributed by atoms with Crippen molar-refractivity contribution >= 4 is 24.2 Å². The fraction of sp³-hybridized carbons (Fsp3) is 0.762. The van der Waals surface area contributed by atoms with Crippen LogP contribution < -0.4 is 5.32 Å². The zero-order chi connectivity index (χ0) is 19.5. The van der Waals surface area contributed by atoms with Gasteiger partial charge in [-0.2, -0.15) is 5.10 Å². The topological polar surface area (TPSA) is 70.5 Å². The van der Waals surface area contributed by atoms with Gasteiger partial charge in [0.15, 0.2) is 0 Å². The number of amides is 2. The third kappa shape index (κ3) is 5.12. The number of halogens is 1. The van der Waals surface area contributed by atoms with Gasteiger partial charge in [0.25, 0.3) is 0 Å². The lowest BCUT2D eigenvalue weighted by molar-refractivity contribution is -0.142. The van der Waals surface area contributed by atoms with E-state index in [9.17, 15) is 9.59 Å². The van der Waals surface area contributed by atoms with Crippen LogP contribution in [0, 0.1) is 11.8 Å². The Morgan fingerprint density at radius 3 is 2.41 bits per heavy atom. The number of nitrogens with one attached hydrogen (secondary N) is 1. The van der Waals surface area contributed by atoms with Crippen molar-refractivity contribution in [3.8, 4) is 0 Å². The molecule has 162 valence electrons. The minimum atomic E-state index is -0.0336. The average molecular weight is 424 g/mol. The van der Waals surface area contributed by atoms with Crippen molar-refractivity contribution in [1.82, 2.24) is 24.9 Å². The maximum atomic E-state index is 13.1. The van der Waals surface area contributed by atoms with Crippen LogP contribution in [0.25, 0.3) is 0 Å². The maximum Gasteiger partial charge on any atom is 0.227 e. The normalized spacial score (nSPS) is 25.7. The summed E-state index contributed by atoms with van der Waals surface area (Å²) < 4.78 is 1.80. The highest BCUT2D eigenvalue weighted by Gasteiger charge is 2.38. The van der Waals surface area contributed by atoms with E-state index in [-0.39, 0.29) is 36.1 Å². The number of hydrogen-bond donors (Lipinski definition) is 1. The number of piperazine rings is 1. The van der Waals surface area contributed by atoms with E-state index in [0.29, 0.717) is 38.5 Å². The van der Waals surface area contributed by atoms with Crippen molar-refractivity contribution < 1.29 is 9.59 Å². The first-order valence-corrected chi connectivity index (χ1v) is 10.9. The van der Waals surface area contributed by atoms with Gasteiger partial charge in [-0.05, 0) is 24.3 Å². The summed E-state index contributed by atoms with van der Waals surface area (Å²) >= 11 is 0. The minimum absolute atomic E-state index is 0. The van der Waals surface area contributed by atoms with Gasteiger partial charge in [0.2, 0.25) is 11.8 Å². The molecule has 3 fully saturated rings. The van der Waals surface area contributed by atoms with Gasteiger partial charge in [-0.15, -0.1) is 12.4 Å². The predicted molar refractivity (Wildman–Crippen MR) is 114 cm³/mol. The first-order valence-electron chi connectivity index (χ1n) is 10.9. The SMILES string of the molecule is Cl.Cn1cc([C@H]2CNC[C@@H]2C(=O)N2CCN(C(=O)CC3CCCCC3)CC2)cn1. The van der Waals surface area contributed by atoms with Crippen LogP contribution in [0.5, 0.6) is 0 Å². The second-order valence-corrected chi connectivity index (χ2v) is 8.73. The molecule has 1 aromatic rings. The van der Waals surface area contributed by atoms with Crippen LogP contribution >= 0.6 is 12.4 Å². The van der Waals surface area contributed by atoms with Crippen molar-refractivity contribution in [3.05, 3.63) is 18.0 Å². The predicted octanol–water partition coefficient (Wildman–Crippen LogP) is 1.79. The summed E-state index contributed by atoms with van der Waals surface area (Å²) in [7, 11) is 1.91. The zero-order valence-corrected chi connectivity index (χ0v) is 18.2. The fourth-order valence-electron chi connectivity index (χ4n) is 5.10. The van der Waals surface area contributed by atoms with E-state index in [2.05, 4.69) is 10.4 Å². The smallest absolute Gasteiger partial charge is 0.227 e. The van der Waals surface area contributed by atoms with Crippen LogP contribution in [0.1, 0.15) is 50.0 Å². The summed E-state index contributed by atoms with van der Waals surface area (Å²) in [4.78, 5) is 29.7. The van der Waals surface area contributed by atoms with Gasteiger partial charge in [0, 0.05) is 64.9 Å². The second-order valence-electron chi connectivity index (χ2n) is 8.73. The Morgan fingerprint density at radius 2 is 1.76 bits per heavy atom. The lowest BCUT2D eigenvalue weighted by Gasteiger charge is -2.37. The fourth-order valence-corrected chi connectivity index (χ4v) is 5.10. The molecule has 2 saturated heterocycles. The van der Waals surface area contributed by atoms with E-state index < -0.39 is 0 Å². The Bertz CT molecular complexity index is 695. The van der Waals surface area contributed by atoms with Gasteiger partial charge in [0.05, 0.1) is 12.1 Å². The van der Waals surface area contributed by atoms with Crippen molar-refractivity contribution in [2.24, 2.45) is 18.9 Å². The van der Waals surface area contributed by atoms with Crippen molar-refractivity contribution in [2.75, 3.05) is 39.3 Å². The molecule has 4 rings (SSSR count). The number of carbonyl (C=O) groups excluding carboxylic acids is 2. The van der Waals surface area contributed by atoms with Crippen LogP contribution in [0.3, 0.4) is 0 Å². The first kappa shape index (κ1) is 22.1. The number of aromatic nitrogens is 2. The van der Waals surface area contributed by atoms with Gasteiger partial charge in [-0.3, -0.25) is 14.3 Å². The van der Waals surface area contributed by atoms with Gasteiger partial charge >= 0.3 is 0 Å². The summed E-state index contributed by atoms with van der Waals surface area (Å²) in [5.74, 6) is 1.24. The van der Waals surface area contributed by atoms with Gasteiger partial charge in [0.1, 0.15) is 0 Å². The average Bonchev–Trinajstić information content (AvgIpc) is 3.37. The highest BCUT2D eigenvalue weighted by atomic mass is 35.5. The third-order valence-corrected chi connectivity index (χ3v) is 6.82. The molecule has 0 radical (unpaired) electrons. The Labute approximate surface area is 179 Å². The maximum absolute atomic E-state index is 13.1. The number of aryl methyl sites for hydroxylation is 1. The lowest BCUT2D eigenvalue weighted by atomic mass is 9.86. The Balaban J connectivity index is 0.00000240.